The van der Waals surface area contributed by atoms with Gasteiger partial charge < -0.3 is 11.1 Å². The molecule has 19 heavy (non-hydrogen) atoms. The van der Waals surface area contributed by atoms with Gasteiger partial charge in [-0.05, 0) is 36.2 Å². The molecule has 0 saturated heterocycles. The van der Waals surface area contributed by atoms with E-state index in [4.69, 9.17) is 28.9 Å². The fourth-order valence-corrected chi connectivity index (χ4v) is 2.49. The third kappa shape index (κ3) is 3.63. The summed E-state index contributed by atoms with van der Waals surface area (Å²) in [5.74, 6) is 0. The van der Waals surface area contributed by atoms with Crippen molar-refractivity contribution in [2.24, 2.45) is 0 Å². The van der Waals surface area contributed by atoms with Crippen molar-refractivity contribution in [3.8, 4) is 0 Å². The second-order valence-corrected chi connectivity index (χ2v) is 5.31. The molecule has 0 fully saturated rings. The highest BCUT2D eigenvalue weighted by Gasteiger charge is 2.10. The SMILES string of the molecule is CC(NCc1ccccc1N)c1ccc(Cl)cc1Cl. The Morgan fingerprint density at radius 2 is 1.89 bits per heavy atom. The van der Waals surface area contributed by atoms with Crippen molar-refractivity contribution in [1.29, 1.82) is 0 Å². The first-order chi connectivity index (χ1) is 9.08. The standard InChI is InChI=1S/C15H16Cl2N2/c1-10(13-7-6-12(16)8-14(13)17)19-9-11-4-2-3-5-15(11)18/h2-8,10,19H,9,18H2,1H3. The molecule has 1 atom stereocenters. The van der Waals surface area contributed by atoms with Gasteiger partial charge in [-0.25, -0.2) is 0 Å². The van der Waals surface area contributed by atoms with Gasteiger partial charge in [0.1, 0.15) is 0 Å². The Bertz CT molecular complexity index is 570. The second kappa shape index (κ2) is 6.29. The highest BCUT2D eigenvalue weighted by atomic mass is 35.5. The lowest BCUT2D eigenvalue weighted by atomic mass is 10.1. The molecule has 0 aliphatic rings. The lowest BCUT2D eigenvalue weighted by Gasteiger charge is -2.16. The van der Waals surface area contributed by atoms with Crippen LogP contribution in [0.15, 0.2) is 42.5 Å². The highest BCUT2D eigenvalue weighted by Crippen LogP contribution is 2.26. The van der Waals surface area contributed by atoms with E-state index in [0.29, 0.717) is 16.6 Å². The van der Waals surface area contributed by atoms with Crippen molar-refractivity contribution in [2.45, 2.75) is 19.5 Å². The molecule has 100 valence electrons. The molecule has 2 aromatic rings. The third-order valence-corrected chi connectivity index (χ3v) is 3.65. The monoisotopic (exact) mass is 294 g/mol. The van der Waals surface area contributed by atoms with Gasteiger partial charge in [0.2, 0.25) is 0 Å². The van der Waals surface area contributed by atoms with E-state index in [-0.39, 0.29) is 6.04 Å². The van der Waals surface area contributed by atoms with Crippen molar-refractivity contribution in [3.63, 3.8) is 0 Å². The first-order valence-electron chi connectivity index (χ1n) is 6.09. The molecular formula is C15H16Cl2N2. The number of nitrogens with two attached hydrogens (primary N) is 1. The topological polar surface area (TPSA) is 38.0 Å². The Labute approximate surface area is 123 Å². The minimum Gasteiger partial charge on any atom is -0.398 e. The largest absolute Gasteiger partial charge is 0.398 e. The van der Waals surface area contributed by atoms with E-state index in [1.165, 1.54) is 0 Å². The Kier molecular flexibility index (Phi) is 4.70. The Morgan fingerprint density at radius 3 is 2.58 bits per heavy atom. The van der Waals surface area contributed by atoms with Crippen LogP contribution in [0.3, 0.4) is 0 Å². The molecule has 0 radical (unpaired) electrons. The number of halogens is 2. The Balaban J connectivity index is 2.05. The maximum atomic E-state index is 6.19. The predicted molar refractivity (Wildman–Crippen MR) is 82.6 cm³/mol. The minimum atomic E-state index is 0.129. The molecule has 0 aliphatic carbocycles. The van der Waals surface area contributed by atoms with Crippen molar-refractivity contribution in [1.82, 2.24) is 5.32 Å². The summed E-state index contributed by atoms with van der Waals surface area (Å²) >= 11 is 12.1. The number of rotatable bonds is 4. The fraction of sp³-hybridized carbons (Fsp3) is 0.200. The summed E-state index contributed by atoms with van der Waals surface area (Å²) in [5, 5.41) is 4.73. The van der Waals surface area contributed by atoms with E-state index in [9.17, 15) is 0 Å². The van der Waals surface area contributed by atoms with Gasteiger partial charge >= 0.3 is 0 Å². The summed E-state index contributed by atoms with van der Waals surface area (Å²) in [6.07, 6.45) is 0. The number of nitrogens with one attached hydrogen (secondary N) is 1. The second-order valence-electron chi connectivity index (χ2n) is 4.47. The van der Waals surface area contributed by atoms with Gasteiger partial charge in [0.05, 0.1) is 0 Å². The number of hydrogen-bond acceptors (Lipinski definition) is 2. The smallest absolute Gasteiger partial charge is 0.0468 e. The molecule has 0 bridgehead atoms. The summed E-state index contributed by atoms with van der Waals surface area (Å²) < 4.78 is 0. The van der Waals surface area contributed by atoms with Crippen LogP contribution < -0.4 is 11.1 Å². The number of nitrogen functional groups attached to an aromatic ring is 1. The molecule has 0 spiro atoms. The first kappa shape index (κ1) is 14.2. The molecule has 0 amide bonds. The van der Waals surface area contributed by atoms with E-state index >= 15 is 0 Å². The van der Waals surface area contributed by atoms with E-state index < -0.39 is 0 Å². The zero-order valence-electron chi connectivity index (χ0n) is 10.7. The van der Waals surface area contributed by atoms with Crippen molar-refractivity contribution in [2.75, 3.05) is 5.73 Å². The van der Waals surface area contributed by atoms with Crippen LogP contribution in [0.4, 0.5) is 5.69 Å². The molecule has 0 heterocycles. The first-order valence-corrected chi connectivity index (χ1v) is 6.85. The number of benzene rings is 2. The maximum Gasteiger partial charge on any atom is 0.0468 e. The van der Waals surface area contributed by atoms with Crippen molar-refractivity contribution < 1.29 is 0 Å². The molecule has 2 rings (SSSR count). The van der Waals surface area contributed by atoms with E-state index in [1.54, 1.807) is 6.07 Å². The predicted octanol–water partition coefficient (Wildman–Crippen LogP) is 4.43. The van der Waals surface area contributed by atoms with E-state index in [0.717, 1.165) is 16.8 Å². The van der Waals surface area contributed by atoms with Crippen molar-refractivity contribution in [3.05, 3.63) is 63.6 Å². The fourth-order valence-electron chi connectivity index (χ4n) is 1.92. The summed E-state index contributed by atoms with van der Waals surface area (Å²) in [5.41, 5.74) is 8.82. The minimum absolute atomic E-state index is 0.129. The van der Waals surface area contributed by atoms with Gasteiger partial charge in [-0.1, -0.05) is 47.5 Å². The number of hydrogen-bond donors (Lipinski definition) is 2. The summed E-state index contributed by atoms with van der Waals surface area (Å²) in [4.78, 5) is 0. The molecule has 4 heteroatoms. The zero-order valence-corrected chi connectivity index (χ0v) is 12.2. The van der Waals surface area contributed by atoms with Gasteiger partial charge in [-0.2, -0.15) is 0 Å². The van der Waals surface area contributed by atoms with Gasteiger partial charge in [0.15, 0.2) is 0 Å². The molecule has 0 aromatic heterocycles. The summed E-state index contributed by atoms with van der Waals surface area (Å²) in [6.45, 7) is 2.76. The number of para-hydroxylation sites is 1. The lowest BCUT2D eigenvalue weighted by molar-refractivity contribution is 0.575. The average molecular weight is 295 g/mol. The molecule has 0 saturated carbocycles. The van der Waals surface area contributed by atoms with Crippen LogP contribution in [-0.4, -0.2) is 0 Å². The molecule has 2 aromatic carbocycles. The van der Waals surface area contributed by atoms with Crippen molar-refractivity contribution >= 4 is 28.9 Å². The van der Waals surface area contributed by atoms with Crippen LogP contribution in [0.25, 0.3) is 0 Å². The summed E-state index contributed by atoms with van der Waals surface area (Å²) in [6, 6.07) is 13.5. The number of anilines is 1. The quantitative estimate of drug-likeness (QED) is 0.819. The van der Waals surface area contributed by atoms with Crippen LogP contribution in [0.2, 0.25) is 10.0 Å². The van der Waals surface area contributed by atoms with Gasteiger partial charge in [-0.3, -0.25) is 0 Å². The average Bonchev–Trinajstić information content (AvgIpc) is 2.37. The highest BCUT2D eigenvalue weighted by molar-refractivity contribution is 6.35. The van der Waals surface area contributed by atoms with E-state index in [1.807, 2.05) is 36.4 Å². The molecule has 2 nitrogen and oxygen atoms in total. The lowest BCUT2D eigenvalue weighted by Crippen LogP contribution is -2.19. The molecule has 0 aliphatic heterocycles. The van der Waals surface area contributed by atoms with E-state index in [2.05, 4.69) is 12.2 Å². The summed E-state index contributed by atoms with van der Waals surface area (Å²) in [7, 11) is 0. The maximum absolute atomic E-state index is 6.19. The molecule has 3 N–H and O–H groups in total. The van der Waals surface area contributed by atoms with Gasteiger partial charge in [0.25, 0.3) is 0 Å². The van der Waals surface area contributed by atoms with Crippen LogP contribution in [-0.2, 0) is 6.54 Å². The third-order valence-electron chi connectivity index (χ3n) is 3.08. The Morgan fingerprint density at radius 1 is 1.16 bits per heavy atom. The van der Waals surface area contributed by atoms with Gasteiger partial charge in [0, 0.05) is 28.3 Å². The van der Waals surface area contributed by atoms with Gasteiger partial charge in [-0.15, -0.1) is 0 Å². The van der Waals surface area contributed by atoms with Crippen LogP contribution in [0, 0.1) is 0 Å². The van der Waals surface area contributed by atoms with Crippen LogP contribution in [0.1, 0.15) is 24.1 Å². The van der Waals surface area contributed by atoms with Crippen LogP contribution >= 0.6 is 23.2 Å². The Hall–Kier alpha value is -1.22. The normalized spacial score (nSPS) is 12.4. The van der Waals surface area contributed by atoms with Crippen LogP contribution in [0.5, 0.6) is 0 Å². The molecular weight excluding hydrogens is 279 g/mol. The zero-order chi connectivity index (χ0) is 13.8. The molecule has 1 unspecified atom stereocenters.